The summed E-state index contributed by atoms with van der Waals surface area (Å²) < 4.78 is 4.88. The van der Waals surface area contributed by atoms with Gasteiger partial charge in [-0.3, -0.25) is 10.5 Å². The van der Waals surface area contributed by atoms with E-state index in [2.05, 4.69) is 6.92 Å². The predicted molar refractivity (Wildman–Crippen MR) is 76.6 cm³/mol. The monoisotopic (exact) mass is 277 g/mol. The molecule has 0 spiro atoms. The fraction of sp³-hybridized carbons (Fsp3) is 0.929. The second kappa shape index (κ2) is 13.2. The molecular weight excluding hydrogens is 250 g/mol. The Morgan fingerprint density at radius 2 is 1.56 bits per heavy atom. The number of hydrogen-bond acceptors (Lipinski definition) is 3. The van der Waals surface area contributed by atoms with Crippen molar-refractivity contribution in [3.8, 4) is 0 Å². The van der Waals surface area contributed by atoms with Crippen molar-refractivity contribution in [2.45, 2.75) is 77.4 Å². The lowest BCUT2D eigenvalue weighted by atomic mass is 10.1. The number of carbonyl (C=O) groups is 1. The highest BCUT2D eigenvalue weighted by atomic mass is 35.5. The van der Waals surface area contributed by atoms with Crippen LogP contribution in [0.1, 0.15) is 71.1 Å². The molecule has 0 saturated heterocycles. The fourth-order valence-corrected chi connectivity index (χ4v) is 1.98. The lowest BCUT2D eigenvalue weighted by Crippen LogP contribution is -2.27. The molecule has 0 amide bonds. The van der Waals surface area contributed by atoms with Gasteiger partial charge in [-0.25, -0.2) is 0 Å². The second-order valence-corrected chi connectivity index (χ2v) is 5.05. The number of alkyl halides is 1. The van der Waals surface area contributed by atoms with Gasteiger partial charge >= 0.3 is 5.97 Å². The van der Waals surface area contributed by atoms with Crippen LogP contribution in [0.2, 0.25) is 0 Å². The molecule has 108 valence electrons. The van der Waals surface area contributed by atoms with E-state index in [1.807, 2.05) is 0 Å². The number of ether oxygens (including phenoxy) is 1. The molecular formula is C14H28ClNO2. The first-order chi connectivity index (χ1) is 8.70. The molecule has 0 saturated carbocycles. The van der Waals surface area contributed by atoms with Gasteiger partial charge in [0, 0.05) is 0 Å². The minimum absolute atomic E-state index is 0.120. The van der Waals surface area contributed by atoms with Gasteiger partial charge in [0.05, 0.1) is 0 Å². The SMILES string of the molecule is CCCCCCCCCCCC(N)OC(=O)CCl. The van der Waals surface area contributed by atoms with Crippen molar-refractivity contribution in [2.24, 2.45) is 5.73 Å². The second-order valence-electron chi connectivity index (χ2n) is 4.78. The number of halogens is 1. The van der Waals surface area contributed by atoms with Crippen molar-refractivity contribution in [1.29, 1.82) is 0 Å². The third-order valence-electron chi connectivity index (χ3n) is 2.98. The van der Waals surface area contributed by atoms with Crippen LogP contribution in [0.5, 0.6) is 0 Å². The van der Waals surface area contributed by atoms with Crippen molar-refractivity contribution >= 4 is 17.6 Å². The van der Waals surface area contributed by atoms with Gasteiger partial charge in [-0.2, -0.15) is 0 Å². The smallest absolute Gasteiger partial charge is 0.322 e. The van der Waals surface area contributed by atoms with Gasteiger partial charge in [-0.1, -0.05) is 58.3 Å². The summed E-state index contributed by atoms with van der Waals surface area (Å²) in [7, 11) is 0. The first-order valence-electron chi connectivity index (χ1n) is 7.21. The van der Waals surface area contributed by atoms with Gasteiger partial charge in [0.2, 0.25) is 0 Å². The molecule has 0 rings (SSSR count). The molecule has 0 fully saturated rings. The molecule has 1 atom stereocenters. The molecule has 0 aliphatic rings. The molecule has 2 N–H and O–H groups in total. The highest BCUT2D eigenvalue weighted by Crippen LogP contribution is 2.11. The average Bonchev–Trinajstić information content (AvgIpc) is 2.36. The van der Waals surface area contributed by atoms with E-state index in [-0.39, 0.29) is 5.88 Å². The first kappa shape index (κ1) is 17.7. The molecule has 0 heterocycles. The molecule has 1 unspecified atom stereocenters. The van der Waals surface area contributed by atoms with Gasteiger partial charge < -0.3 is 4.74 Å². The summed E-state index contributed by atoms with van der Waals surface area (Å²) in [6, 6.07) is 0. The molecule has 0 aromatic rings. The molecule has 0 aliphatic carbocycles. The van der Waals surface area contributed by atoms with Gasteiger partial charge in [-0.05, 0) is 12.8 Å². The largest absolute Gasteiger partial charge is 0.446 e. The average molecular weight is 278 g/mol. The molecule has 4 heteroatoms. The Bertz CT molecular complexity index is 200. The summed E-state index contributed by atoms with van der Waals surface area (Å²) in [6.45, 7) is 2.24. The summed E-state index contributed by atoms with van der Waals surface area (Å²) in [4.78, 5) is 10.8. The molecule has 0 aliphatic heterocycles. The third-order valence-corrected chi connectivity index (χ3v) is 3.20. The predicted octanol–water partition coefficient (Wildman–Crippen LogP) is 3.97. The number of esters is 1. The molecule has 0 bridgehead atoms. The van der Waals surface area contributed by atoms with Crippen LogP contribution < -0.4 is 5.73 Å². The van der Waals surface area contributed by atoms with Crippen LogP contribution >= 0.6 is 11.6 Å². The maximum atomic E-state index is 10.8. The topological polar surface area (TPSA) is 52.3 Å². The van der Waals surface area contributed by atoms with Gasteiger partial charge in [0.1, 0.15) is 5.88 Å². The van der Waals surface area contributed by atoms with E-state index in [9.17, 15) is 4.79 Å². The molecule has 0 radical (unpaired) electrons. The van der Waals surface area contributed by atoms with Gasteiger partial charge in [-0.15, -0.1) is 11.6 Å². The normalized spacial score (nSPS) is 12.4. The van der Waals surface area contributed by atoms with Crippen LogP contribution in [-0.2, 0) is 9.53 Å². The molecule has 0 aromatic heterocycles. The van der Waals surface area contributed by atoms with E-state index in [0.717, 1.165) is 12.8 Å². The zero-order valence-corrected chi connectivity index (χ0v) is 12.4. The number of nitrogens with two attached hydrogens (primary N) is 1. The van der Waals surface area contributed by atoms with Gasteiger partial charge in [0.15, 0.2) is 6.23 Å². The molecule has 0 aromatic carbocycles. The van der Waals surface area contributed by atoms with Crippen molar-refractivity contribution < 1.29 is 9.53 Å². The molecule has 18 heavy (non-hydrogen) atoms. The van der Waals surface area contributed by atoms with Crippen molar-refractivity contribution in [3.05, 3.63) is 0 Å². The van der Waals surface area contributed by atoms with E-state index >= 15 is 0 Å². The fourth-order valence-electron chi connectivity index (χ4n) is 1.92. The van der Waals surface area contributed by atoms with E-state index < -0.39 is 12.2 Å². The van der Waals surface area contributed by atoms with E-state index in [0.29, 0.717) is 0 Å². The van der Waals surface area contributed by atoms with Crippen LogP contribution in [0.15, 0.2) is 0 Å². The Balaban J connectivity index is 3.17. The summed E-state index contributed by atoms with van der Waals surface area (Å²) in [6.07, 6.45) is 11.7. The van der Waals surface area contributed by atoms with Crippen LogP contribution in [0.3, 0.4) is 0 Å². The molecule has 3 nitrogen and oxygen atoms in total. The Hall–Kier alpha value is -0.280. The summed E-state index contributed by atoms with van der Waals surface area (Å²) >= 11 is 5.32. The Morgan fingerprint density at radius 3 is 2.06 bits per heavy atom. The lowest BCUT2D eigenvalue weighted by Gasteiger charge is -2.11. The van der Waals surface area contributed by atoms with Gasteiger partial charge in [0.25, 0.3) is 0 Å². The summed E-state index contributed by atoms with van der Waals surface area (Å²) in [5.74, 6) is -0.550. The number of hydrogen-bond donors (Lipinski definition) is 1. The van der Waals surface area contributed by atoms with Crippen LogP contribution in [0.4, 0.5) is 0 Å². The zero-order chi connectivity index (χ0) is 13.6. The summed E-state index contributed by atoms with van der Waals surface area (Å²) in [5, 5.41) is 0. The third kappa shape index (κ3) is 12.2. The van der Waals surface area contributed by atoms with E-state index in [4.69, 9.17) is 22.1 Å². The van der Waals surface area contributed by atoms with E-state index in [1.54, 1.807) is 0 Å². The maximum Gasteiger partial charge on any atom is 0.322 e. The van der Waals surface area contributed by atoms with Crippen molar-refractivity contribution in [3.63, 3.8) is 0 Å². The first-order valence-corrected chi connectivity index (χ1v) is 7.75. The highest BCUT2D eigenvalue weighted by molar-refractivity contribution is 6.26. The number of rotatable bonds is 12. The highest BCUT2D eigenvalue weighted by Gasteiger charge is 2.07. The Morgan fingerprint density at radius 1 is 1.06 bits per heavy atom. The lowest BCUT2D eigenvalue weighted by molar-refractivity contribution is -0.145. The van der Waals surface area contributed by atoms with E-state index in [1.165, 1.54) is 51.4 Å². The number of carbonyl (C=O) groups excluding carboxylic acids is 1. The Kier molecular flexibility index (Phi) is 13.0. The van der Waals surface area contributed by atoms with Crippen LogP contribution in [0, 0.1) is 0 Å². The number of unbranched alkanes of at least 4 members (excludes halogenated alkanes) is 8. The zero-order valence-electron chi connectivity index (χ0n) is 11.6. The van der Waals surface area contributed by atoms with Crippen molar-refractivity contribution in [2.75, 3.05) is 5.88 Å². The quantitative estimate of drug-likeness (QED) is 0.254. The van der Waals surface area contributed by atoms with Crippen LogP contribution in [-0.4, -0.2) is 18.1 Å². The van der Waals surface area contributed by atoms with Crippen molar-refractivity contribution in [1.82, 2.24) is 0 Å². The Labute approximate surface area is 116 Å². The minimum atomic E-state index is -0.485. The summed E-state index contributed by atoms with van der Waals surface area (Å²) in [5.41, 5.74) is 5.64. The minimum Gasteiger partial charge on any atom is -0.446 e. The maximum absolute atomic E-state index is 10.8. The standard InChI is InChI=1S/C14H28ClNO2/c1-2-3-4-5-6-7-8-9-10-11-13(16)18-14(17)12-15/h13H,2-12,16H2,1H3. The van der Waals surface area contributed by atoms with Crippen LogP contribution in [0.25, 0.3) is 0 Å².